The zero-order chi connectivity index (χ0) is 17.5. The number of hydrogen-bond acceptors (Lipinski definition) is 2. The molecule has 4 N–H and O–H groups in total. The minimum Gasteiger partial charge on any atom is -0.332 e. The van der Waals surface area contributed by atoms with Gasteiger partial charge in [0, 0.05) is 16.1 Å². The van der Waals surface area contributed by atoms with E-state index < -0.39 is 0 Å². The molecule has 2 aromatic rings. The quantitative estimate of drug-likeness (QED) is 0.708. The number of carbonyl (C=O) groups is 2. The number of rotatable bonds is 5. The van der Waals surface area contributed by atoms with Crippen molar-refractivity contribution in [3.63, 3.8) is 0 Å². The fraction of sp³-hybridized carbons (Fsp3) is 0.176. The predicted octanol–water partition coefficient (Wildman–Crippen LogP) is 2.08. The van der Waals surface area contributed by atoms with E-state index in [4.69, 9.17) is 23.2 Å². The Morgan fingerprint density at radius 1 is 1.08 bits per heavy atom. The maximum absolute atomic E-state index is 11.8. The topological polar surface area (TPSA) is 74.8 Å². The summed E-state index contributed by atoms with van der Waals surface area (Å²) in [5.74, 6) is -0.672. The molecule has 2 rings (SSSR count). The SMILES string of the molecule is C[C@@H]([NH2+]CC(=O)NNC(=O)c1ccccc1)c1ccc(Cl)cc1Cl. The van der Waals surface area contributed by atoms with E-state index in [1.54, 1.807) is 36.4 Å². The molecule has 0 saturated carbocycles. The number of nitrogens with one attached hydrogen (secondary N) is 2. The van der Waals surface area contributed by atoms with E-state index in [9.17, 15) is 9.59 Å². The molecule has 7 heteroatoms. The Morgan fingerprint density at radius 3 is 2.46 bits per heavy atom. The molecule has 0 fully saturated rings. The third-order valence-corrected chi connectivity index (χ3v) is 4.02. The summed E-state index contributed by atoms with van der Waals surface area (Å²) < 4.78 is 0. The molecule has 0 unspecified atom stereocenters. The van der Waals surface area contributed by atoms with Gasteiger partial charge in [-0.05, 0) is 31.2 Å². The van der Waals surface area contributed by atoms with Gasteiger partial charge in [0.1, 0.15) is 6.04 Å². The molecular weight excluding hydrogens is 349 g/mol. The van der Waals surface area contributed by atoms with E-state index in [2.05, 4.69) is 10.9 Å². The molecule has 0 aromatic heterocycles. The second-order valence-corrected chi connectivity index (χ2v) is 6.11. The lowest BCUT2D eigenvalue weighted by Gasteiger charge is -2.13. The second-order valence-electron chi connectivity index (χ2n) is 5.26. The lowest BCUT2D eigenvalue weighted by atomic mass is 10.1. The number of hydrogen-bond donors (Lipinski definition) is 3. The van der Waals surface area contributed by atoms with Crippen molar-refractivity contribution in [1.29, 1.82) is 0 Å². The number of quaternary nitrogens is 1. The summed E-state index contributed by atoms with van der Waals surface area (Å²) in [6.07, 6.45) is 0. The van der Waals surface area contributed by atoms with E-state index in [0.29, 0.717) is 15.6 Å². The van der Waals surface area contributed by atoms with Crippen molar-refractivity contribution in [2.45, 2.75) is 13.0 Å². The predicted molar refractivity (Wildman–Crippen MR) is 93.7 cm³/mol. The van der Waals surface area contributed by atoms with Crippen molar-refractivity contribution in [1.82, 2.24) is 10.9 Å². The molecule has 1 atom stereocenters. The van der Waals surface area contributed by atoms with Gasteiger partial charge in [-0.25, -0.2) is 0 Å². The van der Waals surface area contributed by atoms with E-state index in [1.165, 1.54) is 0 Å². The van der Waals surface area contributed by atoms with Crippen LogP contribution in [0.4, 0.5) is 0 Å². The van der Waals surface area contributed by atoms with Crippen LogP contribution in [0.25, 0.3) is 0 Å². The van der Waals surface area contributed by atoms with Gasteiger partial charge in [-0.2, -0.15) is 0 Å². The molecule has 5 nitrogen and oxygen atoms in total. The fourth-order valence-electron chi connectivity index (χ4n) is 2.12. The van der Waals surface area contributed by atoms with Crippen molar-refractivity contribution >= 4 is 35.0 Å². The Morgan fingerprint density at radius 2 is 1.79 bits per heavy atom. The summed E-state index contributed by atoms with van der Waals surface area (Å²) >= 11 is 12.0. The minimum atomic E-state index is -0.363. The zero-order valence-electron chi connectivity index (χ0n) is 13.1. The number of carbonyl (C=O) groups excluding carboxylic acids is 2. The number of hydrazine groups is 1. The standard InChI is InChI=1S/C17H17Cl2N3O2/c1-11(14-8-7-13(18)9-15(14)19)20-10-16(23)21-22-17(24)12-5-3-2-4-6-12/h2-9,11,20H,10H2,1H3,(H,21,23)(H,22,24)/p+1/t11-/m1/s1. The summed E-state index contributed by atoms with van der Waals surface area (Å²) in [5.41, 5.74) is 6.13. The van der Waals surface area contributed by atoms with Gasteiger partial charge in [-0.3, -0.25) is 20.4 Å². The first-order valence-electron chi connectivity index (χ1n) is 7.40. The monoisotopic (exact) mass is 366 g/mol. The molecule has 0 bridgehead atoms. The highest BCUT2D eigenvalue weighted by atomic mass is 35.5. The molecule has 0 aliphatic rings. The number of benzene rings is 2. The first kappa shape index (κ1) is 18.3. The molecule has 0 saturated heterocycles. The van der Waals surface area contributed by atoms with Gasteiger partial charge in [-0.1, -0.05) is 47.5 Å². The molecule has 0 aliphatic carbocycles. The Bertz CT molecular complexity index is 723. The third-order valence-electron chi connectivity index (χ3n) is 3.46. The summed E-state index contributed by atoms with van der Waals surface area (Å²) in [6.45, 7) is 2.08. The summed E-state index contributed by atoms with van der Waals surface area (Å²) in [7, 11) is 0. The van der Waals surface area contributed by atoms with Crippen molar-refractivity contribution in [3.8, 4) is 0 Å². The molecule has 0 aliphatic heterocycles. The fourth-order valence-corrected chi connectivity index (χ4v) is 2.70. The second kappa shape index (κ2) is 8.68. The van der Waals surface area contributed by atoms with Crippen LogP contribution in [0.3, 0.4) is 0 Å². The summed E-state index contributed by atoms with van der Waals surface area (Å²) in [5, 5.41) is 2.94. The van der Waals surface area contributed by atoms with Gasteiger partial charge in [0.25, 0.3) is 11.8 Å². The first-order valence-corrected chi connectivity index (χ1v) is 8.15. The average Bonchev–Trinajstić information content (AvgIpc) is 2.58. The largest absolute Gasteiger partial charge is 0.332 e. The zero-order valence-corrected chi connectivity index (χ0v) is 14.6. The molecule has 0 heterocycles. The number of nitrogens with two attached hydrogens (primary N) is 1. The van der Waals surface area contributed by atoms with Gasteiger partial charge in [-0.15, -0.1) is 0 Å². The van der Waals surface area contributed by atoms with E-state index in [-0.39, 0.29) is 24.4 Å². The van der Waals surface area contributed by atoms with Gasteiger partial charge in [0.15, 0.2) is 6.54 Å². The highest BCUT2D eigenvalue weighted by Gasteiger charge is 2.15. The molecule has 2 amide bonds. The summed E-state index contributed by atoms with van der Waals surface area (Å²) in [4.78, 5) is 23.7. The van der Waals surface area contributed by atoms with Crippen LogP contribution in [0.2, 0.25) is 10.0 Å². The van der Waals surface area contributed by atoms with Gasteiger partial charge >= 0.3 is 0 Å². The Kier molecular flexibility index (Phi) is 6.61. The van der Waals surface area contributed by atoms with E-state index >= 15 is 0 Å². The van der Waals surface area contributed by atoms with Crippen molar-refractivity contribution in [2.75, 3.05) is 6.54 Å². The normalized spacial score (nSPS) is 11.6. The molecule has 0 radical (unpaired) electrons. The molecule has 2 aromatic carbocycles. The maximum Gasteiger partial charge on any atom is 0.293 e. The highest BCUT2D eigenvalue weighted by molar-refractivity contribution is 6.35. The maximum atomic E-state index is 11.8. The molecular formula is C17H18Cl2N3O2+. The Balaban J connectivity index is 1.79. The molecule has 0 spiro atoms. The van der Waals surface area contributed by atoms with Crippen LogP contribution in [0, 0.1) is 0 Å². The van der Waals surface area contributed by atoms with Crippen LogP contribution in [0.5, 0.6) is 0 Å². The average molecular weight is 367 g/mol. The Labute approximate surface area is 150 Å². The van der Waals surface area contributed by atoms with Gasteiger partial charge in [0.2, 0.25) is 0 Å². The van der Waals surface area contributed by atoms with Crippen LogP contribution < -0.4 is 16.2 Å². The first-order chi connectivity index (χ1) is 11.5. The van der Waals surface area contributed by atoms with Crippen molar-refractivity contribution < 1.29 is 14.9 Å². The van der Waals surface area contributed by atoms with E-state index in [0.717, 1.165) is 5.56 Å². The smallest absolute Gasteiger partial charge is 0.293 e. The van der Waals surface area contributed by atoms with Crippen LogP contribution in [0.15, 0.2) is 48.5 Å². The van der Waals surface area contributed by atoms with Crippen LogP contribution in [-0.2, 0) is 4.79 Å². The minimum absolute atomic E-state index is 0.0228. The Hall–Kier alpha value is -2.08. The van der Waals surface area contributed by atoms with Crippen molar-refractivity contribution in [2.24, 2.45) is 0 Å². The van der Waals surface area contributed by atoms with E-state index in [1.807, 2.05) is 24.4 Å². The van der Waals surface area contributed by atoms with Crippen LogP contribution in [0.1, 0.15) is 28.9 Å². The molecule has 24 heavy (non-hydrogen) atoms. The third kappa shape index (κ3) is 5.23. The van der Waals surface area contributed by atoms with Gasteiger partial charge in [0.05, 0.1) is 5.02 Å². The van der Waals surface area contributed by atoms with Crippen LogP contribution >= 0.6 is 23.2 Å². The number of amides is 2. The lowest BCUT2D eigenvalue weighted by molar-refractivity contribution is -0.682. The highest BCUT2D eigenvalue weighted by Crippen LogP contribution is 2.24. The molecule has 126 valence electrons. The van der Waals surface area contributed by atoms with Crippen LogP contribution in [-0.4, -0.2) is 18.4 Å². The van der Waals surface area contributed by atoms with Crippen molar-refractivity contribution in [3.05, 3.63) is 69.7 Å². The van der Waals surface area contributed by atoms with Gasteiger partial charge < -0.3 is 5.32 Å². The summed E-state index contributed by atoms with van der Waals surface area (Å²) in [6, 6.07) is 13.9. The number of halogens is 2. The lowest BCUT2D eigenvalue weighted by Crippen LogP contribution is -2.87.